The van der Waals surface area contributed by atoms with Crippen LogP contribution in [0.15, 0.2) is 60.7 Å². The monoisotopic (exact) mass is 464 g/mol. The summed E-state index contributed by atoms with van der Waals surface area (Å²) < 4.78 is 43.3. The van der Waals surface area contributed by atoms with Gasteiger partial charge in [-0.2, -0.15) is 0 Å². The van der Waals surface area contributed by atoms with E-state index in [0.717, 1.165) is 23.5 Å². The van der Waals surface area contributed by atoms with Gasteiger partial charge in [0, 0.05) is 5.56 Å². The fourth-order valence-corrected chi connectivity index (χ4v) is 5.47. The van der Waals surface area contributed by atoms with Gasteiger partial charge in [0.1, 0.15) is 5.82 Å². The van der Waals surface area contributed by atoms with Crippen molar-refractivity contribution in [1.82, 2.24) is 0 Å². The van der Waals surface area contributed by atoms with Gasteiger partial charge in [-0.1, -0.05) is 112 Å². The van der Waals surface area contributed by atoms with Crippen LogP contribution in [0.1, 0.15) is 75.0 Å². The highest BCUT2D eigenvalue weighted by molar-refractivity contribution is 5.71. The first kappa shape index (κ1) is 24.6. The summed E-state index contributed by atoms with van der Waals surface area (Å²) in [7, 11) is 0. The Bertz CT molecular complexity index is 1060. The molecule has 1 fully saturated rings. The maximum atomic E-state index is 15.4. The second-order valence-electron chi connectivity index (χ2n) is 9.96. The highest BCUT2D eigenvalue weighted by Crippen LogP contribution is 2.37. The minimum atomic E-state index is -2.82. The van der Waals surface area contributed by atoms with Crippen molar-refractivity contribution in [2.24, 2.45) is 11.8 Å². The average Bonchev–Trinajstić information content (AvgIpc) is 2.84. The number of alkyl halides is 2. The fraction of sp³-hybridized carbons (Fsp3) is 0.419. The molecule has 0 aromatic heterocycles. The van der Waals surface area contributed by atoms with Crippen molar-refractivity contribution in [2.75, 3.05) is 0 Å². The maximum absolute atomic E-state index is 15.4. The van der Waals surface area contributed by atoms with Crippen LogP contribution in [0.4, 0.5) is 13.2 Å². The lowest BCUT2D eigenvalue weighted by atomic mass is 9.78. The van der Waals surface area contributed by atoms with Crippen LogP contribution >= 0.6 is 0 Å². The van der Waals surface area contributed by atoms with E-state index in [1.165, 1.54) is 44.1 Å². The predicted molar refractivity (Wildman–Crippen MR) is 136 cm³/mol. The van der Waals surface area contributed by atoms with E-state index in [9.17, 15) is 8.78 Å². The molecule has 3 aromatic rings. The molecule has 34 heavy (non-hydrogen) atoms. The summed E-state index contributed by atoms with van der Waals surface area (Å²) in [4.78, 5) is 0. The number of hydrogen-bond acceptors (Lipinski definition) is 0. The molecule has 0 amide bonds. The Kier molecular flexibility index (Phi) is 8.13. The van der Waals surface area contributed by atoms with Crippen LogP contribution in [-0.2, 0) is 6.42 Å². The Morgan fingerprint density at radius 3 is 1.82 bits per heavy atom. The van der Waals surface area contributed by atoms with E-state index < -0.39 is 17.8 Å². The molecule has 0 spiro atoms. The van der Waals surface area contributed by atoms with Crippen LogP contribution in [-0.4, -0.2) is 0 Å². The largest absolute Gasteiger partial charge is 0.266 e. The number of benzene rings is 3. The third-order valence-corrected chi connectivity index (χ3v) is 7.55. The molecule has 180 valence electrons. The van der Waals surface area contributed by atoms with Crippen LogP contribution in [0.3, 0.4) is 0 Å². The van der Waals surface area contributed by atoms with Crippen LogP contribution in [0.2, 0.25) is 0 Å². The molecule has 0 radical (unpaired) electrons. The number of hydrogen-bond donors (Lipinski definition) is 0. The van der Waals surface area contributed by atoms with E-state index in [0.29, 0.717) is 23.5 Å². The van der Waals surface area contributed by atoms with Crippen molar-refractivity contribution in [1.29, 1.82) is 0 Å². The van der Waals surface area contributed by atoms with Crippen molar-refractivity contribution in [3.05, 3.63) is 83.2 Å². The maximum Gasteiger partial charge on any atom is 0.266 e. The van der Waals surface area contributed by atoms with Crippen LogP contribution in [0, 0.1) is 24.6 Å². The standard InChI is InChI=1S/C31H35F3/c1-3-4-22-7-9-23(10-8-22)11-14-27-19-20-28(30(32)29(27)31(33)34)26-17-15-25(16-18-26)24-12-5-21(2)6-13-24/h5-6,12-13,15-20,22-23,31H,3-4,7-11,14H2,1-2H3. The lowest BCUT2D eigenvalue weighted by Crippen LogP contribution is -2.15. The second kappa shape index (κ2) is 11.3. The van der Waals surface area contributed by atoms with Gasteiger partial charge in [-0.15, -0.1) is 0 Å². The third-order valence-electron chi connectivity index (χ3n) is 7.55. The molecule has 3 heteroatoms. The summed E-state index contributed by atoms with van der Waals surface area (Å²) in [6.07, 6.45) is 5.91. The minimum Gasteiger partial charge on any atom is -0.206 e. The molecule has 1 aliphatic rings. The Morgan fingerprint density at radius 1 is 0.735 bits per heavy atom. The van der Waals surface area contributed by atoms with Crippen molar-refractivity contribution < 1.29 is 13.2 Å². The molecule has 0 nitrogen and oxygen atoms in total. The van der Waals surface area contributed by atoms with E-state index in [-0.39, 0.29) is 5.56 Å². The fourth-order valence-electron chi connectivity index (χ4n) is 5.47. The number of rotatable bonds is 8. The molecule has 0 bridgehead atoms. The highest BCUT2D eigenvalue weighted by atomic mass is 19.3. The Labute approximate surface area is 202 Å². The van der Waals surface area contributed by atoms with Gasteiger partial charge in [0.25, 0.3) is 6.43 Å². The van der Waals surface area contributed by atoms with Crippen LogP contribution in [0.5, 0.6) is 0 Å². The first-order chi connectivity index (χ1) is 16.5. The zero-order chi connectivity index (χ0) is 24.1. The molecule has 1 saturated carbocycles. The van der Waals surface area contributed by atoms with E-state index in [1.54, 1.807) is 12.1 Å². The van der Waals surface area contributed by atoms with Crippen LogP contribution < -0.4 is 0 Å². The summed E-state index contributed by atoms with van der Waals surface area (Å²) in [6, 6.07) is 19.1. The summed E-state index contributed by atoms with van der Waals surface area (Å²) >= 11 is 0. The molecule has 0 N–H and O–H groups in total. The quantitative estimate of drug-likeness (QED) is 0.311. The zero-order valence-electron chi connectivity index (χ0n) is 20.3. The van der Waals surface area contributed by atoms with Gasteiger partial charge in [-0.3, -0.25) is 0 Å². The van der Waals surface area contributed by atoms with E-state index in [2.05, 4.69) is 6.92 Å². The van der Waals surface area contributed by atoms with Crippen molar-refractivity contribution >= 4 is 0 Å². The van der Waals surface area contributed by atoms with E-state index >= 15 is 4.39 Å². The second-order valence-corrected chi connectivity index (χ2v) is 9.96. The Hall–Kier alpha value is -2.55. The molecule has 4 rings (SSSR count). The molecule has 1 aliphatic carbocycles. The molecular weight excluding hydrogens is 429 g/mol. The normalized spacial score (nSPS) is 18.4. The Morgan fingerprint density at radius 2 is 1.26 bits per heavy atom. The molecule has 3 aromatic carbocycles. The molecule has 0 unspecified atom stereocenters. The summed E-state index contributed by atoms with van der Waals surface area (Å²) in [5, 5.41) is 0. The number of halogens is 3. The lowest BCUT2D eigenvalue weighted by Gasteiger charge is -2.28. The van der Waals surface area contributed by atoms with Gasteiger partial charge in [-0.05, 0) is 53.9 Å². The topological polar surface area (TPSA) is 0 Å². The molecular formula is C31H35F3. The summed E-state index contributed by atoms with van der Waals surface area (Å²) in [6.45, 7) is 4.27. The molecule has 0 saturated heterocycles. The molecule has 0 heterocycles. The first-order valence-corrected chi connectivity index (χ1v) is 12.7. The van der Waals surface area contributed by atoms with Gasteiger partial charge < -0.3 is 0 Å². The van der Waals surface area contributed by atoms with E-state index in [4.69, 9.17) is 0 Å². The predicted octanol–water partition coefficient (Wildman–Crippen LogP) is 9.94. The van der Waals surface area contributed by atoms with Crippen molar-refractivity contribution in [3.8, 4) is 22.3 Å². The Balaban J connectivity index is 1.49. The van der Waals surface area contributed by atoms with Crippen molar-refractivity contribution in [3.63, 3.8) is 0 Å². The highest BCUT2D eigenvalue weighted by Gasteiger charge is 2.24. The van der Waals surface area contributed by atoms with Gasteiger partial charge in [-0.25, -0.2) is 13.2 Å². The first-order valence-electron chi connectivity index (χ1n) is 12.7. The zero-order valence-corrected chi connectivity index (χ0v) is 20.3. The van der Waals surface area contributed by atoms with Gasteiger partial charge in [0.05, 0.1) is 5.56 Å². The molecule has 0 atom stereocenters. The minimum absolute atomic E-state index is 0.245. The smallest absolute Gasteiger partial charge is 0.206 e. The van der Waals surface area contributed by atoms with E-state index in [1.807, 2.05) is 55.5 Å². The molecule has 0 aliphatic heterocycles. The van der Waals surface area contributed by atoms with Gasteiger partial charge in [0.15, 0.2) is 0 Å². The van der Waals surface area contributed by atoms with Crippen LogP contribution in [0.25, 0.3) is 22.3 Å². The number of aryl methyl sites for hydroxylation is 2. The van der Waals surface area contributed by atoms with Gasteiger partial charge >= 0.3 is 0 Å². The van der Waals surface area contributed by atoms with Gasteiger partial charge in [0.2, 0.25) is 0 Å². The lowest BCUT2D eigenvalue weighted by molar-refractivity contribution is 0.145. The third kappa shape index (κ3) is 5.74. The summed E-state index contributed by atoms with van der Waals surface area (Å²) in [5.74, 6) is 0.616. The van der Waals surface area contributed by atoms with Crippen molar-refractivity contribution in [2.45, 2.75) is 71.6 Å². The SMILES string of the molecule is CCCC1CCC(CCc2ccc(-c3ccc(-c4ccc(C)cc4)cc3)c(F)c2C(F)F)CC1. The average molecular weight is 465 g/mol. The summed E-state index contributed by atoms with van der Waals surface area (Å²) in [5.41, 5.74) is 4.19.